The van der Waals surface area contributed by atoms with Crippen molar-refractivity contribution in [3.05, 3.63) is 12.3 Å². The Morgan fingerprint density at radius 1 is 1.60 bits per heavy atom. The molecule has 0 amide bonds. The molecule has 1 saturated heterocycles. The first-order valence-corrected chi connectivity index (χ1v) is 5.21. The maximum absolute atomic E-state index is 5.63. The third-order valence-electron chi connectivity index (χ3n) is 2.40. The van der Waals surface area contributed by atoms with Crippen molar-refractivity contribution in [2.24, 2.45) is 0 Å². The molecule has 0 aromatic carbocycles. The lowest BCUT2D eigenvalue weighted by molar-refractivity contribution is 0.0820. The van der Waals surface area contributed by atoms with Gasteiger partial charge < -0.3 is 15.4 Å². The molecule has 0 spiro atoms. The monoisotopic (exact) mass is 208 g/mol. The molecular formula is C10H16N4O. The summed E-state index contributed by atoms with van der Waals surface area (Å²) in [5.74, 6) is 1.21. The van der Waals surface area contributed by atoms with Crippen molar-refractivity contribution in [3.8, 4) is 0 Å². The summed E-state index contributed by atoms with van der Waals surface area (Å²) in [4.78, 5) is 10.5. The number of anilines is 2. The van der Waals surface area contributed by atoms with Crippen LogP contribution in [-0.4, -0.2) is 35.8 Å². The molecule has 2 heterocycles. The predicted molar refractivity (Wildman–Crippen MR) is 58.7 cm³/mol. The summed E-state index contributed by atoms with van der Waals surface area (Å²) >= 11 is 0. The van der Waals surface area contributed by atoms with E-state index < -0.39 is 0 Å². The van der Waals surface area contributed by atoms with Crippen LogP contribution in [0.5, 0.6) is 0 Å². The van der Waals surface area contributed by atoms with E-state index in [9.17, 15) is 0 Å². The summed E-state index contributed by atoms with van der Waals surface area (Å²) in [6.07, 6.45) is 2.91. The Labute approximate surface area is 89.3 Å². The van der Waals surface area contributed by atoms with Crippen molar-refractivity contribution in [2.75, 3.05) is 30.3 Å². The predicted octanol–water partition coefficient (Wildman–Crippen LogP) is 0.674. The van der Waals surface area contributed by atoms with Crippen molar-refractivity contribution in [1.82, 2.24) is 9.97 Å². The second-order valence-corrected chi connectivity index (χ2v) is 3.76. The molecule has 1 aliphatic rings. The van der Waals surface area contributed by atoms with E-state index in [1.165, 1.54) is 0 Å². The van der Waals surface area contributed by atoms with Gasteiger partial charge in [0, 0.05) is 25.9 Å². The number of hydrogen-bond donors (Lipinski definition) is 1. The summed E-state index contributed by atoms with van der Waals surface area (Å²) in [7, 11) is 0. The van der Waals surface area contributed by atoms with E-state index in [4.69, 9.17) is 10.5 Å². The van der Waals surface area contributed by atoms with Gasteiger partial charge in [0.05, 0.1) is 6.10 Å². The van der Waals surface area contributed by atoms with Crippen LogP contribution in [-0.2, 0) is 4.74 Å². The Bertz CT molecular complexity index is 331. The molecule has 0 bridgehead atoms. The second kappa shape index (κ2) is 4.44. The first-order chi connectivity index (χ1) is 7.25. The quantitative estimate of drug-likeness (QED) is 0.735. The van der Waals surface area contributed by atoms with Gasteiger partial charge in [-0.1, -0.05) is 0 Å². The topological polar surface area (TPSA) is 64.3 Å². The van der Waals surface area contributed by atoms with Crippen LogP contribution >= 0.6 is 0 Å². The van der Waals surface area contributed by atoms with Gasteiger partial charge in [0.15, 0.2) is 0 Å². The Balaban J connectivity index is 2.14. The molecule has 1 unspecified atom stereocenters. The van der Waals surface area contributed by atoms with E-state index >= 15 is 0 Å². The van der Waals surface area contributed by atoms with Crippen LogP contribution in [0.4, 0.5) is 11.8 Å². The van der Waals surface area contributed by atoms with Crippen LogP contribution in [0.1, 0.15) is 13.3 Å². The van der Waals surface area contributed by atoms with E-state index in [0.29, 0.717) is 11.8 Å². The summed E-state index contributed by atoms with van der Waals surface area (Å²) in [5.41, 5.74) is 5.63. The zero-order valence-corrected chi connectivity index (χ0v) is 8.89. The molecule has 5 nitrogen and oxygen atoms in total. The number of aromatic nitrogens is 2. The van der Waals surface area contributed by atoms with Gasteiger partial charge in [0.2, 0.25) is 5.95 Å². The van der Waals surface area contributed by atoms with E-state index in [1.54, 1.807) is 12.3 Å². The summed E-state index contributed by atoms with van der Waals surface area (Å²) in [6.45, 7) is 4.61. The molecule has 5 heteroatoms. The van der Waals surface area contributed by atoms with Gasteiger partial charge >= 0.3 is 0 Å². The van der Waals surface area contributed by atoms with Crippen molar-refractivity contribution >= 4 is 11.8 Å². The second-order valence-electron chi connectivity index (χ2n) is 3.76. The highest BCUT2D eigenvalue weighted by molar-refractivity contribution is 5.37. The Kier molecular flexibility index (Phi) is 3.01. The molecule has 0 saturated carbocycles. The van der Waals surface area contributed by atoms with Crippen LogP contribution in [0.2, 0.25) is 0 Å². The zero-order valence-electron chi connectivity index (χ0n) is 8.89. The molecule has 1 atom stereocenters. The highest BCUT2D eigenvalue weighted by Gasteiger charge is 2.17. The molecule has 0 aliphatic carbocycles. The lowest BCUT2D eigenvalue weighted by Crippen LogP contribution is -2.31. The maximum Gasteiger partial charge on any atom is 0.227 e. The average molecular weight is 208 g/mol. The normalized spacial score (nSPS) is 22.5. The number of ether oxygens (including phenoxy) is 1. The molecule has 1 aliphatic heterocycles. The minimum Gasteiger partial charge on any atom is -0.384 e. The molecule has 2 rings (SSSR count). The Morgan fingerprint density at radius 2 is 2.47 bits per heavy atom. The smallest absolute Gasteiger partial charge is 0.227 e. The molecule has 15 heavy (non-hydrogen) atoms. The highest BCUT2D eigenvalue weighted by Crippen LogP contribution is 2.13. The third-order valence-corrected chi connectivity index (χ3v) is 2.40. The minimum absolute atomic E-state index is 0.220. The van der Waals surface area contributed by atoms with Crippen LogP contribution < -0.4 is 10.6 Å². The van der Waals surface area contributed by atoms with Gasteiger partial charge in [-0.05, 0) is 19.4 Å². The molecule has 1 aromatic rings. The highest BCUT2D eigenvalue weighted by atomic mass is 16.5. The standard InChI is InChI=1S/C10H16N4O/c1-8-7-14(5-2-6-15-8)10-12-4-3-9(11)13-10/h3-4,8H,2,5-7H2,1H3,(H2,11,12,13). The summed E-state index contributed by atoms with van der Waals surface area (Å²) < 4.78 is 5.56. The minimum atomic E-state index is 0.220. The van der Waals surface area contributed by atoms with E-state index in [-0.39, 0.29) is 6.10 Å². The van der Waals surface area contributed by atoms with Gasteiger partial charge in [-0.3, -0.25) is 0 Å². The number of nitrogens with zero attached hydrogens (tertiary/aromatic N) is 3. The Morgan fingerprint density at radius 3 is 3.27 bits per heavy atom. The average Bonchev–Trinajstić information content (AvgIpc) is 2.43. The fraction of sp³-hybridized carbons (Fsp3) is 0.600. The molecular weight excluding hydrogens is 192 g/mol. The van der Waals surface area contributed by atoms with E-state index in [2.05, 4.69) is 21.8 Å². The van der Waals surface area contributed by atoms with Crippen molar-refractivity contribution in [2.45, 2.75) is 19.4 Å². The molecule has 82 valence electrons. The van der Waals surface area contributed by atoms with Crippen LogP contribution in [0.3, 0.4) is 0 Å². The number of nitrogen functional groups attached to an aromatic ring is 1. The molecule has 1 aromatic heterocycles. The zero-order chi connectivity index (χ0) is 10.7. The van der Waals surface area contributed by atoms with Crippen LogP contribution in [0, 0.1) is 0 Å². The molecule has 1 fully saturated rings. The van der Waals surface area contributed by atoms with Gasteiger partial charge in [-0.25, -0.2) is 4.98 Å². The van der Waals surface area contributed by atoms with Crippen LogP contribution in [0.15, 0.2) is 12.3 Å². The van der Waals surface area contributed by atoms with E-state index in [0.717, 1.165) is 26.1 Å². The fourth-order valence-corrected chi connectivity index (χ4v) is 1.69. The van der Waals surface area contributed by atoms with Crippen molar-refractivity contribution in [3.63, 3.8) is 0 Å². The van der Waals surface area contributed by atoms with Crippen molar-refractivity contribution < 1.29 is 4.74 Å². The molecule has 2 N–H and O–H groups in total. The number of nitrogens with two attached hydrogens (primary N) is 1. The van der Waals surface area contributed by atoms with Gasteiger partial charge in [-0.15, -0.1) is 0 Å². The number of hydrogen-bond acceptors (Lipinski definition) is 5. The van der Waals surface area contributed by atoms with E-state index in [1.807, 2.05) is 0 Å². The first kappa shape index (κ1) is 10.2. The van der Waals surface area contributed by atoms with Crippen molar-refractivity contribution in [1.29, 1.82) is 0 Å². The van der Waals surface area contributed by atoms with Gasteiger partial charge in [0.25, 0.3) is 0 Å². The summed E-state index contributed by atoms with van der Waals surface area (Å²) in [6, 6.07) is 1.70. The lowest BCUT2D eigenvalue weighted by atomic mass is 10.3. The lowest BCUT2D eigenvalue weighted by Gasteiger charge is -2.21. The third kappa shape index (κ3) is 2.56. The summed E-state index contributed by atoms with van der Waals surface area (Å²) in [5, 5.41) is 0. The maximum atomic E-state index is 5.63. The van der Waals surface area contributed by atoms with Crippen LogP contribution in [0.25, 0.3) is 0 Å². The van der Waals surface area contributed by atoms with Gasteiger partial charge in [0.1, 0.15) is 5.82 Å². The first-order valence-electron chi connectivity index (χ1n) is 5.21. The van der Waals surface area contributed by atoms with Gasteiger partial charge in [-0.2, -0.15) is 4.98 Å². The largest absolute Gasteiger partial charge is 0.384 e. The fourth-order valence-electron chi connectivity index (χ4n) is 1.69. The molecule has 0 radical (unpaired) electrons. The number of rotatable bonds is 1. The Hall–Kier alpha value is -1.36. The SMILES string of the molecule is CC1CN(c2nccc(N)n2)CCCO1.